The number of hydrogen-bond donors (Lipinski definition) is 0. The third-order valence-electron chi connectivity index (χ3n) is 7.80. The summed E-state index contributed by atoms with van der Waals surface area (Å²) < 4.78 is 17.7. The molecule has 0 fully saturated rings. The maximum Gasteiger partial charge on any atom is 0.500 e. The highest BCUT2D eigenvalue weighted by atomic mass is 28.4. The van der Waals surface area contributed by atoms with Crippen LogP contribution in [0.25, 0.3) is 0 Å². The topological polar surface area (TPSA) is 27.7 Å². The van der Waals surface area contributed by atoms with E-state index in [4.69, 9.17) is 13.3 Å². The van der Waals surface area contributed by atoms with Crippen LogP contribution in [0.4, 0.5) is 0 Å². The van der Waals surface area contributed by atoms with E-state index in [2.05, 4.69) is 21.0 Å². The third kappa shape index (κ3) is 21.8. The molecule has 5 heteroatoms. The van der Waals surface area contributed by atoms with Crippen molar-refractivity contribution in [2.75, 3.05) is 48.5 Å². The number of quaternary nitrogens is 1. The summed E-state index contributed by atoms with van der Waals surface area (Å²) in [5.74, 6) is 0. The van der Waals surface area contributed by atoms with Crippen molar-refractivity contribution in [3.05, 3.63) is 0 Å². The maximum absolute atomic E-state index is 5.54. The molecule has 35 heavy (non-hydrogen) atoms. The minimum atomic E-state index is -2.41. The molecule has 0 aliphatic carbocycles. The van der Waals surface area contributed by atoms with Gasteiger partial charge in [-0.05, 0) is 12.8 Å². The molecule has 0 atom stereocenters. The minimum Gasteiger partial charge on any atom is -0.377 e. The van der Waals surface area contributed by atoms with Crippen molar-refractivity contribution in [3.63, 3.8) is 0 Å². The first kappa shape index (κ1) is 35.1. The molecule has 0 aromatic heterocycles. The second-order valence-electron chi connectivity index (χ2n) is 11.5. The molecule has 0 heterocycles. The van der Waals surface area contributed by atoms with Crippen LogP contribution in [0.2, 0.25) is 6.04 Å². The molecule has 0 unspecified atom stereocenters. The van der Waals surface area contributed by atoms with Crippen molar-refractivity contribution in [1.29, 1.82) is 0 Å². The Morgan fingerprint density at radius 2 is 0.714 bits per heavy atom. The first-order chi connectivity index (χ1) is 16.9. The van der Waals surface area contributed by atoms with Crippen LogP contribution in [0, 0.1) is 0 Å². The molecule has 0 saturated heterocycles. The number of hydrogen-bond acceptors (Lipinski definition) is 3. The van der Waals surface area contributed by atoms with E-state index < -0.39 is 8.80 Å². The van der Waals surface area contributed by atoms with Gasteiger partial charge in [0, 0.05) is 33.8 Å². The average Bonchev–Trinajstić information content (AvgIpc) is 2.85. The molecule has 0 radical (unpaired) electrons. The molecule has 0 bridgehead atoms. The first-order valence-electron chi connectivity index (χ1n) is 15.4. The Morgan fingerprint density at radius 3 is 1.03 bits per heavy atom. The van der Waals surface area contributed by atoms with E-state index in [9.17, 15) is 0 Å². The Morgan fingerprint density at radius 1 is 0.429 bits per heavy atom. The fourth-order valence-electron chi connectivity index (χ4n) is 5.19. The van der Waals surface area contributed by atoms with E-state index in [-0.39, 0.29) is 0 Å². The number of unbranched alkanes of at least 4 members (excludes halogenated alkanes) is 19. The molecule has 0 aliphatic heterocycles. The molecule has 4 nitrogen and oxygen atoms in total. The van der Waals surface area contributed by atoms with Crippen LogP contribution in [0.1, 0.15) is 142 Å². The van der Waals surface area contributed by atoms with Crippen molar-refractivity contribution in [2.24, 2.45) is 0 Å². The lowest BCUT2D eigenvalue weighted by molar-refractivity contribution is -0.890. The van der Waals surface area contributed by atoms with Gasteiger partial charge in [0.15, 0.2) is 0 Å². The largest absolute Gasteiger partial charge is 0.500 e. The highest BCUT2D eigenvalue weighted by Crippen LogP contribution is 2.18. The van der Waals surface area contributed by atoms with Gasteiger partial charge in [-0.15, -0.1) is 0 Å². The van der Waals surface area contributed by atoms with E-state index >= 15 is 0 Å². The van der Waals surface area contributed by atoms with E-state index in [1.807, 2.05) is 0 Å². The van der Waals surface area contributed by atoms with Crippen LogP contribution >= 0.6 is 0 Å². The second kappa shape index (κ2) is 24.4. The Labute approximate surface area is 222 Å². The monoisotopic (exact) mass is 516 g/mol. The summed E-state index contributed by atoms with van der Waals surface area (Å²) in [5, 5.41) is 0. The van der Waals surface area contributed by atoms with Gasteiger partial charge in [0.2, 0.25) is 0 Å². The van der Waals surface area contributed by atoms with Gasteiger partial charge < -0.3 is 17.8 Å². The molecule has 0 aliphatic rings. The van der Waals surface area contributed by atoms with Crippen molar-refractivity contribution in [3.8, 4) is 0 Å². The van der Waals surface area contributed by atoms with Crippen molar-refractivity contribution < 1.29 is 17.8 Å². The SMILES string of the molecule is CCCCCCCCCCCCCCCCCCCCCC[N+](C)(C)CCC[Si](OC)(OC)OC. The van der Waals surface area contributed by atoms with Crippen LogP contribution < -0.4 is 0 Å². The van der Waals surface area contributed by atoms with Gasteiger partial charge in [-0.3, -0.25) is 0 Å². The van der Waals surface area contributed by atoms with Gasteiger partial charge in [-0.25, -0.2) is 0 Å². The molecule has 0 aromatic carbocycles. The molecule has 212 valence electrons. The van der Waals surface area contributed by atoms with Gasteiger partial charge >= 0.3 is 8.80 Å². The van der Waals surface area contributed by atoms with Crippen LogP contribution in [0.15, 0.2) is 0 Å². The summed E-state index contributed by atoms with van der Waals surface area (Å²) in [4.78, 5) is 0. The van der Waals surface area contributed by atoms with Gasteiger partial charge in [0.1, 0.15) is 0 Å². The fourth-order valence-corrected chi connectivity index (χ4v) is 6.89. The fraction of sp³-hybridized carbons (Fsp3) is 1.00. The number of rotatable bonds is 28. The summed E-state index contributed by atoms with van der Waals surface area (Å²) in [5.41, 5.74) is 0. The molecule has 0 saturated carbocycles. The molecule has 0 aromatic rings. The zero-order chi connectivity index (χ0) is 26.1. The Balaban J connectivity index is 3.39. The summed E-state index contributed by atoms with van der Waals surface area (Å²) >= 11 is 0. The van der Waals surface area contributed by atoms with Gasteiger partial charge in [-0.2, -0.15) is 0 Å². The Kier molecular flexibility index (Phi) is 24.4. The molecule has 0 amide bonds. The third-order valence-corrected chi connectivity index (χ3v) is 10.6. The summed E-state index contributed by atoms with van der Waals surface area (Å²) in [7, 11) is 7.42. The molecular weight excluding hydrogens is 450 g/mol. The highest BCUT2D eigenvalue weighted by Gasteiger charge is 2.37. The smallest absolute Gasteiger partial charge is 0.377 e. The lowest BCUT2D eigenvalue weighted by Gasteiger charge is -2.31. The zero-order valence-electron chi connectivity index (χ0n) is 25.1. The predicted molar refractivity (Wildman–Crippen MR) is 156 cm³/mol. The van der Waals surface area contributed by atoms with Crippen LogP contribution in [0.5, 0.6) is 0 Å². The maximum atomic E-state index is 5.54. The first-order valence-corrected chi connectivity index (χ1v) is 17.4. The summed E-state index contributed by atoms with van der Waals surface area (Å²) in [6.07, 6.45) is 29.9. The normalized spacial score (nSPS) is 12.5. The molecular formula is C30H66NO3Si+. The minimum absolute atomic E-state index is 0.900. The van der Waals surface area contributed by atoms with Crippen LogP contribution in [0.3, 0.4) is 0 Å². The van der Waals surface area contributed by atoms with Gasteiger partial charge in [-0.1, -0.05) is 122 Å². The lowest BCUT2D eigenvalue weighted by Crippen LogP contribution is -2.45. The highest BCUT2D eigenvalue weighted by molar-refractivity contribution is 6.60. The van der Waals surface area contributed by atoms with E-state index in [0.29, 0.717) is 0 Å². The van der Waals surface area contributed by atoms with Gasteiger partial charge in [0.05, 0.1) is 27.2 Å². The zero-order valence-corrected chi connectivity index (χ0v) is 26.1. The molecule has 0 N–H and O–H groups in total. The molecule has 0 spiro atoms. The molecule has 0 rings (SSSR count). The van der Waals surface area contributed by atoms with Gasteiger partial charge in [0.25, 0.3) is 0 Å². The van der Waals surface area contributed by atoms with Crippen molar-refractivity contribution >= 4 is 8.80 Å². The van der Waals surface area contributed by atoms with Crippen molar-refractivity contribution in [1.82, 2.24) is 0 Å². The van der Waals surface area contributed by atoms with E-state index in [1.165, 1.54) is 135 Å². The number of nitrogens with zero attached hydrogens (tertiary/aromatic N) is 1. The predicted octanol–water partition coefficient (Wildman–Crippen LogP) is 9.15. The van der Waals surface area contributed by atoms with Crippen LogP contribution in [-0.4, -0.2) is 61.8 Å². The van der Waals surface area contributed by atoms with E-state index in [1.54, 1.807) is 21.3 Å². The van der Waals surface area contributed by atoms with E-state index in [0.717, 1.165) is 23.5 Å². The van der Waals surface area contributed by atoms with Crippen molar-refractivity contribution in [2.45, 2.75) is 148 Å². The standard InChI is InChI=1S/C30H66NO3Si/c1-7-8-9-10-11-12-13-14-15-16-17-18-19-20-21-22-23-24-25-26-28-31(2,3)29-27-30-35(32-4,33-5)34-6/h7-30H2,1-6H3/q+1. The Hall–Kier alpha value is 0.0569. The lowest BCUT2D eigenvalue weighted by atomic mass is 10.0. The second-order valence-corrected chi connectivity index (χ2v) is 14.6. The summed E-state index contributed by atoms with van der Waals surface area (Å²) in [6, 6.07) is 0.900. The summed E-state index contributed by atoms with van der Waals surface area (Å²) in [6.45, 7) is 4.72. The van der Waals surface area contributed by atoms with Crippen LogP contribution in [-0.2, 0) is 13.3 Å². The average molecular weight is 517 g/mol. The Bertz CT molecular complexity index is 422. The quantitative estimate of drug-likeness (QED) is 0.0589.